The van der Waals surface area contributed by atoms with Crippen molar-refractivity contribution in [2.24, 2.45) is 5.92 Å². The van der Waals surface area contributed by atoms with Gasteiger partial charge in [0.2, 0.25) is 0 Å². The smallest absolute Gasteiger partial charge is 0.0105 e. The maximum atomic E-state index is 3.57. The first-order valence-corrected chi connectivity index (χ1v) is 6.07. The molecule has 0 aromatic heterocycles. The monoisotopic (exact) mass is 195 g/mol. The molecule has 1 heteroatoms. The first-order valence-electron chi connectivity index (χ1n) is 6.07. The Morgan fingerprint density at radius 2 is 2.14 bits per heavy atom. The predicted octanol–water partition coefficient (Wildman–Crippen LogP) is 3.51. The summed E-state index contributed by atoms with van der Waals surface area (Å²) in [5, 5.41) is 3.57. The quantitative estimate of drug-likeness (QED) is 0.677. The van der Waals surface area contributed by atoms with Crippen LogP contribution in [0.1, 0.15) is 53.4 Å². The molecule has 1 heterocycles. The van der Waals surface area contributed by atoms with Crippen molar-refractivity contribution in [2.75, 3.05) is 6.54 Å². The Bertz CT molecular complexity index is 197. The second-order valence-electron chi connectivity index (χ2n) is 4.81. The highest BCUT2D eigenvalue weighted by Gasteiger charge is 2.15. The zero-order valence-corrected chi connectivity index (χ0v) is 10.2. The van der Waals surface area contributed by atoms with E-state index >= 15 is 0 Å². The molecular weight excluding hydrogens is 170 g/mol. The third-order valence-electron chi connectivity index (χ3n) is 3.34. The van der Waals surface area contributed by atoms with Crippen LogP contribution in [0.5, 0.6) is 0 Å². The first-order chi connectivity index (χ1) is 6.65. The average Bonchev–Trinajstić information content (AvgIpc) is 2.57. The number of hydrogen-bond acceptors (Lipinski definition) is 1. The largest absolute Gasteiger partial charge is 0.314 e. The third-order valence-corrected chi connectivity index (χ3v) is 3.34. The van der Waals surface area contributed by atoms with Gasteiger partial charge in [-0.2, -0.15) is 0 Å². The van der Waals surface area contributed by atoms with Crippen LogP contribution in [0, 0.1) is 5.92 Å². The molecule has 0 aliphatic carbocycles. The van der Waals surface area contributed by atoms with Gasteiger partial charge in [0.05, 0.1) is 0 Å². The third kappa shape index (κ3) is 3.13. The summed E-state index contributed by atoms with van der Waals surface area (Å²) < 4.78 is 0. The Morgan fingerprint density at radius 3 is 2.57 bits per heavy atom. The van der Waals surface area contributed by atoms with Gasteiger partial charge in [0.15, 0.2) is 0 Å². The van der Waals surface area contributed by atoms with Gasteiger partial charge in [0.25, 0.3) is 0 Å². The van der Waals surface area contributed by atoms with Crippen molar-refractivity contribution in [1.82, 2.24) is 5.32 Å². The lowest BCUT2D eigenvalue weighted by Crippen LogP contribution is -2.21. The van der Waals surface area contributed by atoms with Crippen molar-refractivity contribution >= 4 is 0 Å². The Morgan fingerprint density at radius 1 is 1.43 bits per heavy atom. The minimum atomic E-state index is 0.724. The predicted molar refractivity (Wildman–Crippen MR) is 63.5 cm³/mol. The zero-order chi connectivity index (χ0) is 10.6. The fraction of sp³-hybridized carbons (Fsp3) is 0.846. The molecule has 14 heavy (non-hydrogen) atoms. The fourth-order valence-electron chi connectivity index (χ4n) is 2.63. The summed E-state index contributed by atoms with van der Waals surface area (Å²) in [6.45, 7) is 10.4. The molecule has 1 N–H and O–H groups in total. The standard InChI is InChI=1S/C13H25N/c1-5-13(10(2)3)11(4)9-12-7-6-8-14-12/h10,12,14H,5-9H2,1-4H3/b13-11-. The average molecular weight is 195 g/mol. The molecule has 0 saturated carbocycles. The van der Waals surface area contributed by atoms with Gasteiger partial charge in [-0.15, -0.1) is 0 Å². The fourth-order valence-corrected chi connectivity index (χ4v) is 2.63. The summed E-state index contributed by atoms with van der Waals surface area (Å²) in [5.41, 5.74) is 3.29. The molecule has 0 amide bonds. The first kappa shape index (κ1) is 11.8. The second kappa shape index (κ2) is 5.55. The van der Waals surface area contributed by atoms with Crippen molar-refractivity contribution in [3.05, 3.63) is 11.1 Å². The van der Waals surface area contributed by atoms with Crippen molar-refractivity contribution < 1.29 is 0 Å². The number of allylic oxidation sites excluding steroid dienone is 1. The van der Waals surface area contributed by atoms with E-state index in [1.165, 1.54) is 32.2 Å². The van der Waals surface area contributed by atoms with Crippen molar-refractivity contribution in [3.8, 4) is 0 Å². The van der Waals surface area contributed by atoms with Gasteiger partial charge in [0.1, 0.15) is 0 Å². The van der Waals surface area contributed by atoms with Gasteiger partial charge < -0.3 is 5.32 Å². The van der Waals surface area contributed by atoms with E-state index in [1.807, 2.05) is 0 Å². The normalized spacial score (nSPS) is 24.2. The van der Waals surface area contributed by atoms with Crippen LogP contribution in [0.2, 0.25) is 0 Å². The summed E-state index contributed by atoms with van der Waals surface area (Å²) in [7, 11) is 0. The van der Waals surface area contributed by atoms with Gasteiger partial charge >= 0.3 is 0 Å². The lowest BCUT2D eigenvalue weighted by molar-refractivity contribution is 0.586. The zero-order valence-electron chi connectivity index (χ0n) is 10.2. The molecule has 0 aromatic rings. The molecule has 1 rings (SSSR count). The van der Waals surface area contributed by atoms with Crippen LogP contribution in [0.4, 0.5) is 0 Å². The molecule has 0 aromatic carbocycles. The van der Waals surface area contributed by atoms with Crippen molar-refractivity contribution in [3.63, 3.8) is 0 Å². The molecule has 0 spiro atoms. The number of nitrogens with one attached hydrogen (secondary N) is 1. The highest BCUT2D eigenvalue weighted by atomic mass is 14.9. The molecule has 1 fully saturated rings. The molecule has 0 bridgehead atoms. The Hall–Kier alpha value is -0.300. The van der Waals surface area contributed by atoms with E-state index in [2.05, 4.69) is 33.0 Å². The number of rotatable bonds is 4. The van der Waals surface area contributed by atoms with Gasteiger partial charge in [-0.1, -0.05) is 31.9 Å². The molecular formula is C13H25N. The summed E-state index contributed by atoms with van der Waals surface area (Å²) in [6, 6.07) is 0.760. The Labute approximate surface area is 89.0 Å². The Balaban J connectivity index is 2.55. The van der Waals surface area contributed by atoms with Crippen LogP contribution < -0.4 is 5.32 Å². The van der Waals surface area contributed by atoms with Gasteiger partial charge in [-0.05, 0) is 45.1 Å². The molecule has 1 aliphatic rings. The van der Waals surface area contributed by atoms with E-state index in [-0.39, 0.29) is 0 Å². The summed E-state index contributed by atoms with van der Waals surface area (Å²) in [6.07, 6.45) is 5.21. The van der Waals surface area contributed by atoms with Gasteiger partial charge in [0, 0.05) is 6.04 Å². The maximum absolute atomic E-state index is 3.57. The van der Waals surface area contributed by atoms with Crippen LogP contribution in [0.25, 0.3) is 0 Å². The van der Waals surface area contributed by atoms with E-state index in [4.69, 9.17) is 0 Å². The molecule has 0 radical (unpaired) electrons. The summed E-state index contributed by atoms with van der Waals surface area (Å²) in [5.74, 6) is 0.724. The van der Waals surface area contributed by atoms with E-state index in [0.717, 1.165) is 12.0 Å². The lowest BCUT2D eigenvalue weighted by atomic mass is 9.92. The van der Waals surface area contributed by atoms with E-state index in [1.54, 1.807) is 11.1 Å². The maximum Gasteiger partial charge on any atom is 0.0105 e. The van der Waals surface area contributed by atoms with Crippen LogP contribution in [0.15, 0.2) is 11.1 Å². The molecule has 1 aliphatic heterocycles. The molecule has 82 valence electrons. The molecule has 1 atom stereocenters. The van der Waals surface area contributed by atoms with Crippen LogP contribution in [0.3, 0.4) is 0 Å². The van der Waals surface area contributed by atoms with Gasteiger partial charge in [-0.25, -0.2) is 0 Å². The highest BCUT2D eigenvalue weighted by Crippen LogP contribution is 2.23. The van der Waals surface area contributed by atoms with Crippen molar-refractivity contribution in [1.29, 1.82) is 0 Å². The highest BCUT2D eigenvalue weighted by molar-refractivity contribution is 5.15. The van der Waals surface area contributed by atoms with Crippen LogP contribution in [-0.4, -0.2) is 12.6 Å². The number of hydrogen-bond donors (Lipinski definition) is 1. The molecule has 1 unspecified atom stereocenters. The lowest BCUT2D eigenvalue weighted by Gasteiger charge is -2.17. The summed E-state index contributed by atoms with van der Waals surface area (Å²) in [4.78, 5) is 0. The molecule has 1 saturated heterocycles. The van der Waals surface area contributed by atoms with Crippen molar-refractivity contribution in [2.45, 2.75) is 59.4 Å². The van der Waals surface area contributed by atoms with Crippen LogP contribution in [-0.2, 0) is 0 Å². The van der Waals surface area contributed by atoms with E-state index < -0.39 is 0 Å². The minimum Gasteiger partial charge on any atom is -0.314 e. The van der Waals surface area contributed by atoms with Gasteiger partial charge in [-0.3, -0.25) is 0 Å². The summed E-state index contributed by atoms with van der Waals surface area (Å²) >= 11 is 0. The molecule has 1 nitrogen and oxygen atoms in total. The van der Waals surface area contributed by atoms with E-state index in [0.29, 0.717) is 0 Å². The Kier molecular flexibility index (Phi) is 4.67. The second-order valence-corrected chi connectivity index (χ2v) is 4.81. The SMILES string of the molecule is CC/C(=C(\C)CC1CCCN1)C(C)C. The van der Waals surface area contributed by atoms with E-state index in [9.17, 15) is 0 Å². The van der Waals surface area contributed by atoms with Crippen LogP contribution >= 0.6 is 0 Å². The minimum absolute atomic E-state index is 0.724. The topological polar surface area (TPSA) is 12.0 Å².